The van der Waals surface area contributed by atoms with E-state index in [9.17, 15) is 0 Å². The molecule has 0 amide bonds. The zero-order valence-corrected chi connectivity index (χ0v) is 28.1. The summed E-state index contributed by atoms with van der Waals surface area (Å²) in [5, 5.41) is 5.42. The third-order valence-corrected chi connectivity index (χ3v) is 12.4. The van der Waals surface area contributed by atoms with Gasteiger partial charge in [0.15, 0.2) is 0 Å². The van der Waals surface area contributed by atoms with Crippen molar-refractivity contribution in [3.8, 4) is 44.5 Å². The van der Waals surface area contributed by atoms with E-state index in [4.69, 9.17) is 0 Å². The first kappa shape index (κ1) is 27.5. The van der Waals surface area contributed by atoms with Crippen LogP contribution in [-0.4, -0.2) is 0 Å². The second-order valence-corrected chi connectivity index (χ2v) is 15.1. The Kier molecular flexibility index (Phi) is 5.37. The second kappa shape index (κ2) is 9.58. The molecule has 0 aliphatic heterocycles. The van der Waals surface area contributed by atoms with Crippen LogP contribution in [-0.2, 0) is 6.42 Å². The summed E-state index contributed by atoms with van der Waals surface area (Å²) < 4.78 is 0. The van der Waals surface area contributed by atoms with Crippen molar-refractivity contribution >= 4 is 27.6 Å². The average molecular weight is 625 g/mol. The number of hydrogen-bond acceptors (Lipinski definition) is 0. The van der Waals surface area contributed by atoms with Crippen molar-refractivity contribution in [1.82, 2.24) is 0 Å². The lowest BCUT2D eigenvalue weighted by Crippen LogP contribution is -2.26. The second-order valence-electron chi connectivity index (χ2n) is 15.1. The quantitative estimate of drug-likeness (QED) is 0.168. The molecular formula is C49H36. The van der Waals surface area contributed by atoms with E-state index in [1.54, 1.807) is 5.57 Å². The summed E-state index contributed by atoms with van der Waals surface area (Å²) >= 11 is 0. The van der Waals surface area contributed by atoms with Gasteiger partial charge in [0.2, 0.25) is 0 Å². The maximum absolute atomic E-state index is 2.63. The van der Waals surface area contributed by atoms with Crippen molar-refractivity contribution in [3.05, 3.63) is 172 Å². The zero-order chi connectivity index (χ0) is 32.6. The number of rotatable bonds is 2. The SMILES string of the molecule is Cc1ccc2c(c1)cc1c3c(c(C)ccc32)-c2c(-c3ccccc3)c3c(c(-c4ccccc4)c2-1)C=C1C2=CC=CC4C=CC=C(C24)C1(C)C3. The fourth-order valence-electron chi connectivity index (χ4n) is 10.4. The van der Waals surface area contributed by atoms with Crippen LogP contribution < -0.4 is 0 Å². The van der Waals surface area contributed by atoms with Crippen LogP contribution in [0.1, 0.15) is 29.2 Å². The molecule has 11 rings (SSSR count). The Morgan fingerprint density at radius 3 is 2.14 bits per heavy atom. The Hall–Kier alpha value is -5.46. The summed E-state index contributed by atoms with van der Waals surface area (Å²) in [6.07, 6.45) is 17.9. The summed E-state index contributed by atoms with van der Waals surface area (Å²) in [5.41, 5.74) is 21.1. The first-order chi connectivity index (χ1) is 24.0. The molecule has 0 radical (unpaired) electrons. The molecule has 0 heteroatoms. The highest BCUT2D eigenvalue weighted by molar-refractivity contribution is 6.28. The van der Waals surface area contributed by atoms with Crippen LogP contribution in [0.5, 0.6) is 0 Å². The molecule has 0 nitrogen and oxygen atoms in total. The predicted molar refractivity (Wildman–Crippen MR) is 207 cm³/mol. The van der Waals surface area contributed by atoms with E-state index in [1.807, 2.05) is 0 Å². The molecule has 49 heavy (non-hydrogen) atoms. The van der Waals surface area contributed by atoms with Crippen LogP contribution >= 0.6 is 0 Å². The largest absolute Gasteiger partial charge is 0.0767 e. The van der Waals surface area contributed by atoms with Gasteiger partial charge >= 0.3 is 0 Å². The van der Waals surface area contributed by atoms with Gasteiger partial charge in [0.25, 0.3) is 0 Å². The Morgan fingerprint density at radius 2 is 1.37 bits per heavy atom. The van der Waals surface area contributed by atoms with Crippen molar-refractivity contribution in [3.63, 3.8) is 0 Å². The first-order valence-corrected chi connectivity index (χ1v) is 17.8. The highest BCUT2D eigenvalue weighted by Crippen LogP contribution is 2.66. The summed E-state index contributed by atoms with van der Waals surface area (Å²) in [5.74, 6) is 0.863. The van der Waals surface area contributed by atoms with Gasteiger partial charge in [0.05, 0.1) is 0 Å². The van der Waals surface area contributed by atoms with E-state index < -0.39 is 0 Å². The number of benzene rings is 6. The average Bonchev–Trinajstić information content (AvgIpc) is 3.59. The van der Waals surface area contributed by atoms with Gasteiger partial charge in [-0.1, -0.05) is 146 Å². The Morgan fingerprint density at radius 1 is 0.653 bits per heavy atom. The van der Waals surface area contributed by atoms with E-state index in [0.717, 1.165) is 6.42 Å². The molecule has 0 aromatic heterocycles. The Balaban J connectivity index is 1.36. The molecule has 1 fully saturated rings. The van der Waals surface area contributed by atoms with Crippen molar-refractivity contribution in [2.75, 3.05) is 0 Å². The maximum atomic E-state index is 2.63. The molecule has 3 atom stereocenters. The molecule has 0 heterocycles. The molecule has 0 N–H and O–H groups in total. The minimum absolute atomic E-state index is 0.0665. The third kappa shape index (κ3) is 3.49. The molecule has 0 saturated heterocycles. The smallest absolute Gasteiger partial charge is 0.0187 e. The molecule has 1 saturated carbocycles. The highest BCUT2D eigenvalue weighted by Gasteiger charge is 2.52. The van der Waals surface area contributed by atoms with Crippen LogP contribution in [0.3, 0.4) is 0 Å². The number of aryl methyl sites for hydroxylation is 2. The van der Waals surface area contributed by atoms with Crippen molar-refractivity contribution < 1.29 is 0 Å². The molecule has 0 bridgehead atoms. The summed E-state index contributed by atoms with van der Waals surface area (Å²) in [4.78, 5) is 0. The topological polar surface area (TPSA) is 0 Å². The van der Waals surface area contributed by atoms with Crippen molar-refractivity contribution in [1.29, 1.82) is 0 Å². The van der Waals surface area contributed by atoms with Gasteiger partial charge < -0.3 is 0 Å². The minimum Gasteiger partial charge on any atom is -0.0767 e. The monoisotopic (exact) mass is 624 g/mol. The third-order valence-electron chi connectivity index (χ3n) is 12.4. The summed E-state index contributed by atoms with van der Waals surface area (Å²) in [6.45, 7) is 7.07. The molecular weight excluding hydrogens is 589 g/mol. The van der Waals surface area contributed by atoms with E-state index in [2.05, 4.69) is 160 Å². The van der Waals surface area contributed by atoms with E-state index in [1.165, 1.54) is 99.5 Å². The highest BCUT2D eigenvalue weighted by atomic mass is 14.6. The predicted octanol–water partition coefficient (Wildman–Crippen LogP) is 12.8. The van der Waals surface area contributed by atoms with Gasteiger partial charge in [0.1, 0.15) is 0 Å². The van der Waals surface area contributed by atoms with Crippen molar-refractivity contribution in [2.24, 2.45) is 17.3 Å². The minimum atomic E-state index is -0.0665. The van der Waals surface area contributed by atoms with Gasteiger partial charge in [-0.25, -0.2) is 0 Å². The number of hydrogen-bond donors (Lipinski definition) is 0. The van der Waals surface area contributed by atoms with Gasteiger partial charge in [-0.3, -0.25) is 0 Å². The first-order valence-electron chi connectivity index (χ1n) is 17.8. The van der Waals surface area contributed by atoms with Gasteiger partial charge in [-0.2, -0.15) is 0 Å². The van der Waals surface area contributed by atoms with Gasteiger partial charge in [0, 0.05) is 17.3 Å². The Labute approximate surface area is 288 Å². The van der Waals surface area contributed by atoms with Gasteiger partial charge in [-0.15, -0.1) is 0 Å². The standard InChI is InChI=1S/C49H36/c1-28-20-22-34-33(24-28)25-38-46-35(34)23-21-29(2)42(46)48-45(32-14-8-5-9-15-32)39-27-49(3)40-19-11-17-30-16-10-18-36(43(30)40)41(49)26-37(39)44(47(38)48)31-12-6-4-7-13-31/h4-26,30,43H,27H2,1-3H3. The Bertz CT molecular complexity index is 2640. The molecule has 6 aromatic carbocycles. The van der Waals surface area contributed by atoms with Gasteiger partial charge in [-0.05, 0) is 126 Å². The molecule has 3 unspecified atom stereocenters. The lowest BCUT2D eigenvalue weighted by atomic mass is 9.66. The number of fused-ring (bicyclic) bond motifs is 9. The lowest BCUT2D eigenvalue weighted by Gasteiger charge is -2.37. The van der Waals surface area contributed by atoms with Crippen LogP contribution in [0.25, 0.3) is 72.1 Å². The van der Waals surface area contributed by atoms with Crippen molar-refractivity contribution in [2.45, 2.75) is 27.2 Å². The van der Waals surface area contributed by atoms with Crippen LogP contribution in [0.4, 0.5) is 0 Å². The summed E-state index contributed by atoms with van der Waals surface area (Å²) in [6, 6.07) is 36.8. The fourth-order valence-corrected chi connectivity index (χ4v) is 10.4. The maximum Gasteiger partial charge on any atom is 0.0187 e. The number of allylic oxidation sites excluding steroid dienone is 9. The molecule has 5 aliphatic carbocycles. The molecule has 0 spiro atoms. The fraction of sp³-hybridized carbons (Fsp3) is 0.143. The van der Waals surface area contributed by atoms with E-state index in [0.29, 0.717) is 11.8 Å². The lowest BCUT2D eigenvalue weighted by molar-refractivity contribution is 0.466. The zero-order valence-electron chi connectivity index (χ0n) is 28.1. The molecule has 6 aromatic rings. The molecule has 5 aliphatic rings. The molecule has 232 valence electrons. The normalized spacial score (nSPS) is 22.0. The van der Waals surface area contributed by atoms with Crippen LogP contribution in [0.15, 0.2) is 150 Å². The van der Waals surface area contributed by atoms with Crippen LogP contribution in [0, 0.1) is 31.1 Å². The van der Waals surface area contributed by atoms with E-state index in [-0.39, 0.29) is 5.41 Å². The van der Waals surface area contributed by atoms with Crippen LogP contribution in [0.2, 0.25) is 0 Å². The van der Waals surface area contributed by atoms with E-state index >= 15 is 0 Å². The summed E-state index contributed by atoms with van der Waals surface area (Å²) in [7, 11) is 0.